The van der Waals surface area contributed by atoms with E-state index in [0.29, 0.717) is 23.1 Å². The maximum absolute atomic E-state index is 9.00. The van der Waals surface area contributed by atoms with Crippen LogP contribution in [0.25, 0.3) is 0 Å². The summed E-state index contributed by atoms with van der Waals surface area (Å²) in [4.78, 5) is 4.00. The number of alkyl halides is 1. The van der Waals surface area contributed by atoms with E-state index in [2.05, 4.69) is 4.98 Å². The first-order valence-corrected chi connectivity index (χ1v) is 6.52. The summed E-state index contributed by atoms with van der Waals surface area (Å²) in [7, 11) is 1.57. The highest BCUT2D eigenvalue weighted by Gasteiger charge is 2.11. The van der Waals surface area contributed by atoms with Crippen LogP contribution in [0.5, 0.6) is 11.5 Å². The number of hydrogen-bond donors (Lipinski definition) is 0. The normalized spacial score (nSPS) is 9.85. The number of nitriles is 1. The lowest BCUT2D eigenvalue weighted by molar-refractivity contribution is 0.281. The molecule has 20 heavy (non-hydrogen) atoms. The molecule has 2 aromatic rings. The van der Waals surface area contributed by atoms with Gasteiger partial charge in [0.1, 0.15) is 18.4 Å². The Morgan fingerprint density at radius 2 is 2.05 bits per heavy atom. The second kappa shape index (κ2) is 6.78. The van der Waals surface area contributed by atoms with Gasteiger partial charge in [-0.15, -0.1) is 11.6 Å². The summed E-state index contributed by atoms with van der Waals surface area (Å²) < 4.78 is 11.0. The average molecular weight is 289 g/mol. The van der Waals surface area contributed by atoms with Gasteiger partial charge in [-0.2, -0.15) is 5.26 Å². The molecule has 5 heteroatoms. The number of hydrogen-bond acceptors (Lipinski definition) is 4. The Labute approximate surface area is 122 Å². The number of halogens is 1. The van der Waals surface area contributed by atoms with Crippen LogP contribution in [0.2, 0.25) is 0 Å². The van der Waals surface area contributed by atoms with E-state index in [-0.39, 0.29) is 6.61 Å². The van der Waals surface area contributed by atoms with Crippen molar-refractivity contribution >= 4 is 11.6 Å². The molecule has 0 amide bonds. The van der Waals surface area contributed by atoms with Gasteiger partial charge in [0.2, 0.25) is 0 Å². The Morgan fingerprint density at radius 3 is 2.75 bits per heavy atom. The zero-order valence-electron chi connectivity index (χ0n) is 11.0. The first-order chi connectivity index (χ1) is 9.80. The van der Waals surface area contributed by atoms with Gasteiger partial charge in [0, 0.05) is 17.3 Å². The van der Waals surface area contributed by atoms with Gasteiger partial charge in [-0.05, 0) is 12.1 Å². The Bertz CT molecular complexity index is 616. The molecule has 0 saturated heterocycles. The molecule has 4 nitrogen and oxygen atoms in total. The number of para-hydroxylation sites is 1. The standard InChI is InChI=1S/C15H13ClN2O2/c1-19-14-6-2-4-11(8-16)15(14)20-10-12-5-3-7-18-13(12)9-17/h2-7H,8,10H2,1H3. The van der Waals surface area contributed by atoms with Gasteiger partial charge in [0.25, 0.3) is 0 Å². The lowest BCUT2D eigenvalue weighted by atomic mass is 10.2. The molecule has 0 aliphatic heterocycles. The number of aromatic nitrogens is 1. The van der Waals surface area contributed by atoms with Crippen LogP contribution in [-0.4, -0.2) is 12.1 Å². The van der Waals surface area contributed by atoms with Crippen molar-refractivity contribution in [2.45, 2.75) is 12.5 Å². The highest BCUT2D eigenvalue weighted by atomic mass is 35.5. The molecule has 0 N–H and O–H groups in total. The molecule has 0 unspecified atom stereocenters. The third kappa shape index (κ3) is 3.01. The second-order valence-electron chi connectivity index (χ2n) is 3.99. The molecule has 2 rings (SSSR count). The first-order valence-electron chi connectivity index (χ1n) is 5.98. The summed E-state index contributed by atoms with van der Waals surface area (Å²) in [6, 6.07) is 11.2. The van der Waals surface area contributed by atoms with Gasteiger partial charge in [-0.25, -0.2) is 4.98 Å². The predicted molar refractivity (Wildman–Crippen MR) is 75.8 cm³/mol. The minimum atomic E-state index is 0.237. The van der Waals surface area contributed by atoms with Crippen LogP contribution in [0.1, 0.15) is 16.8 Å². The number of pyridine rings is 1. The molecule has 102 valence electrons. The molecule has 0 aliphatic carbocycles. The molecule has 1 aromatic heterocycles. The molecule has 0 spiro atoms. The number of nitrogens with zero attached hydrogens (tertiary/aromatic N) is 2. The third-order valence-corrected chi connectivity index (χ3v) is 3.08. The summed E-state index contributed by atoms with van der Waals surface area (Å²) in [6.07, 6.45) is 1.58. The fourth-order valence-corrected chi connectivity index (χ4v) is 2.01. The van der Waals surface area contributed by atoms with E-state index in [1.807, 2.05) is 18.2 Å². The molecule has 0 fully saturated rings. The minimum absolute atomic E-state index is 0.237. The zero-order chi connectivity index (χ0) is 14.4. The summed E-state index contributed by atoms with van der Waals surface area (Å²) in [6.45, 7) is 0.237. The van der Waals surface area contributed by atoms with Crippen LogP contribution < -0.4 is 9.47 Å². The van der Waals surface area contributed by atoms with E-state index >= 15 is 0 Å². The highest BCUT2D eigenvalue weighted by Crippen LogP contribution is 2.32. The van der Waals surface area contributed by atoms with Gasteiger partial charge < -0.3 is 9.47 Å². The summed E-state index contributed by atoms with van der Waals surface area (Å²) in [5.41, 5.74) is 1.92. The van der Waals surface area contributed by atoms with Crippen molar-refractivity contribution in [3.05, 3.63) is 53.3 Å². The number of ether oxygens (including phenoxy) is 2. The molecule has 1 heterocycles. The Kier molecular flexibility index (Phi) is 4.80. The van der Waals surface area contributed by atoms with Gasteiger partial charge >= 0.3 is 0 Å². The fourth-order valence-electron chi connectivity index (χ4n) is 1.80. The first kappa shape index (κ1) is 14.2. The molecule has 0 radical (unpaired) electrons. The topological polar surface area (TPSA) is 55.1 Å². The van der Waals surface area contributed by atoms with Crippen LogP contribution in [0, 0.1) is 11.3 Å². The molecule has 0 bridgehead atoms. The molecule has 0 aliphatic rings. The minimum Gasteiger partial charge on any atom is -0.493 e. The molecular formula is C15H13ClN2O2. The summed E-state index contributed by atoms with van der Waals surface area (Å²) in [5.74, 6) is 1.54. The molecule has 0 saturated carbocycles. The largest absolute Gasteiger partial charge is 0.493 e. The summed E-state index contributed by atoms with van der Waals surface area (Å²) >= 11 is 5.90. The van der Waals surface area contributed by atoms with Gasteiger partial charge in [-0.3, -0.25) is 0 Å². The SMILES string of the molecule is COc1cccc(CCl)c1OCc1cccnc1C#N. The highest BCUT2D eigenvalue weighted by molar-refractivity contribution is 6.17. The number of rotatable bonds is 5. The van der Waals surface area contributed by atoms with E-state index < -0.39 is 0 Å². The quantitative estimate of drug-likeness (QED) is 0.792. The monoisotopic (exact) mass is 288 g/mol. The second-order valence-corrected chi connectivity index (χ2v) is 4.26. The smallest absolute Gasteiger partial charge is 0.166 e. The molecular weight excluding hydrogens is 276 g/mol. The Balaban J connectivity index is 2.25. The van der Waals surface area contributed by atoms with Crippen molar-refractivity contribution in [2.75, 3.05) is 7.11 Å². The third-order valence-electron chi connectivity index (χ3n) is 2.79. The van der Waals surface area contributed by atoms with Gasteiger partial charge in [0.15, 0.2) is 11.5 Å². The van der Waals surface area contributed by atoms with E-state index in [4.69, 9.17) is 26.3 Å². The van der Waals surface area contributed by atoms with Crippen molar-refractivity contribution < 1.29 is 9.47 Å². The summed E-state index contributed by atoms with van der Waals surface area (Å²) in [5, 5.41) is 9.00. The number of methoxy groups -OCH3 is 1. The van der Waals surface area contributed by atoms with E-state index in [0.717, 1.165) is 11.1 Å². The van der Waals surface area contributed by atoms with Crippen LogP contribution in [0.15, 0.2) is 36.5 Å². The van der Waals surface area contributed by atoms with E-state index in [9.17, 15) is 0 Å². The Hall–Kier alpha value is -2.25. The van der Waals surface area contributed by atoms with Gasteiger partial charge in [-0.1, -0.05) is 18.2 Å². The van der Waals surface area contributed by atoms with Crippen molar-refractivity contribution in [3.63, 3.8) is 0 Å². The zero-order valence-corrected chi connectivity index (χ0v) is 11.7. The molecule has 0 atom stereocenters. The Morgan fingerprint density at radius 1 is 1.25 bits per heavy atom. The van der Waals surface area contributed by atoms with E-state index in [1.54, 1.807) is 31.5 Å². The van der Waals surface area contributed by atoms with Crippen molar-refractivity contribution in [1.29, 1.82) is 5.26 Å². The fraction of sp³-hybridized carbons (Fsp3) is 0.200. The number of benzene rings is 1. The average Bonchev–Trinajstić information content (AvgIpc) is 2.52. The lowest BCUT2D eigenvalue weighted by Crippen LogP contribution is -2.03. The lowest BCUT2D eigenvalue weighted by Gasteiger charge is -2.14. The maximum Gasteiger partial charge on any atom is 0.166 e. The maximum atomic E-state index is 9.00. The van der Waals surface area contributed by atoms with Crippen LogP contribution in [-0.2, 0) is 12.5 Å². The van der Waals surface area contributed by atoms with Crippen molar-refractivity contribution in [1.82, 2.24) is 4.98 Å². The van der Waals surface area contributed by atoms with Crippen molar-refractivity contribution in [2.24, 2.45) is 0 Å². The molecule has 1 aromatic carbocycles. The van der Waals surface area contributed by atoms with Crippen LogP contribution >= 0.6 is 11.6 Å². The predicted octanol–water partition coefficient (Wildman–Crippen LogP) is 3.28. The van der Waals surface area contributed by atoms with Crippen molar-refractivity contribution in [3.8, 4) is 17.6 Å². The van der Waals surface area contributed by atoms with Crippen LogP contribution in [0.3, 0.4) is 0 Å². The van der Waals surface area contributed by atoms with Crippen LogP contribution in [0.4, 0.5) is 0 Å². The van der Waals surface area contributed by atoms with Gasteiger partial charge in [0.05, 0.1) is 13.0 Å². The van der Waals surface area contributed by atoms with E-state index in [1.165, 1.54) is 0 Å².